The van der Waals surface area contributed by atoms with Gasteiger partial charge < -0.3 is 10.6 Å². The van der Waals surface area contributed by atoms with Crippen LogP contribution >= 0.6 is 0 Å². The van der Waals surface area contributed by atoms with Crippen LogP contribution in [0.2, 0.25) is 0 Å². The van der Waals surface area contributed by atoms with Gasteiger partial charge in [-0.3, -0.25) is 4.90 Å². The maximum absolute atomic E-state index is 9.48. The summed E-state index contributed by atoms with van der Waals surface area (Å²) < 4.78 is 0. The number of likely N-dealkylation sites (N-methyl/N-ethyl adjacent to an activating group) is 1. The van der Waals surface area contributed by atoms with Crippen LogP contribution in [0.5, 0.6) is 0 Å². The summed E-state index contributed by atoms with van der Waals surface area (Å²) in [7, 11) is 2.14. The first kappa shape index (κ1) is 14.0. The molecule has 4 heteroatoms. The van der Waals surface area contributed by atoms with Crippen molar-refractivity contribution in [1.29, 1.82) is 5.26 Å². The number of rotatable bonds is 3. The third-order valence-electron chi connectivity index (χ3n) is 3.77. The first-order chi connectivity index (χ1) is 9.14. The Morgan fingerprint density at radius 1 is 1.21 bits per heavy atom. The molecule has 1 atom stereocenters. The highest BCUT2D eigenvalue weighted by Crippen LogP contribution is 2.19. The minimum Gasteiger partial charge on any atom is -0.309 e. The quantitative estimate of drug-likeness (QED) is 0.879. The topological polar surface area (TPSA) is 56.3 Å². The van der Waals surface area contributed by atoms with Crippen LogP contribution in [0.25, 0.3) is 0 Å². The molecule has 2 rings (SSSR count). The molecule has 0 bridgehead atoms. The maximum Gasteiger partial charge on any atom is 0.142 e. The lowest BCUT2D eigenvalue weighted by Crippen LogP contribution is -2.47. The van der Waals surface area contributed by atoms with Crippen LogP contribution in [0.15, 0.2) is 30.3 Å². The van der Waals surface area contributed by atoms with Crippen LogP contribution in [0.3, 0.4) is 0 Å². The summed E-state index contributed by atoms with van der Waals surface area (Å²) in [6, 6.07) is 12.0. The van der Waals surface area contributed by atoms with Gasteiger partial charge in [0.2, 0.25) is 0 Å². The second-order valence-electron chi connectivity index (χ2n) is 5.38. The van der Waals surface area contributed by atoms with E-state index in [2.05, 4.69) is 22.9 Å². The summed E-state index contributed by atoms with van der Waals surface area (Å²) in [5.41, 5.74) is 6.30. The van der Waals surface area contributed by atoms with Gasteiger partial charge in [0.1, 0.15) is 5.54 Å². The summed E-state index contributed by atoms with van der Waals surface area (Å²) in [4.78, 5) is 4.63. The van der Waals surface area contributed by atoms with Gasteiger partial charge >= 0.3 is 0 Å². The summed E-state index contributed by atoms with van der Waals surface area (Å²) in [6.07, 6.45) is 1.13. The molecule has 19 heavy (non-hydrogen) atoms. The Labute approximate surface area is 115 Å². The van der Waals surface area contributed by atoms with E-state index in [9.17, 15) is 5.26 Å². The molecule has 0 radical (unpaired) electrons. The van der Waals surface area contributed by atoms with Gasteiger partial charge in [-0.15, -0.1) is 0 Å². The molecule has 1 aromatic rings. The van der Waals surface area contributed by atoms with Gasteiger partial charge in [0.25, 0.3) is 0 Å². The van der Waals surface area contributed by atoms with Gasteiger partial charge in [0, 0.05) is 19.6 Å². The number of hydrogen-bond donors (Lipinski definition) is 1. The second-order valence-corrected chi connectivity index (χ2v) is 5.38. The molecule has 0 saturated carbocycles. The maximum atomic E-state index is 9.48. The SMILES string of the molecule is CN1CCCN(CC(N)(C#N)c2ccccc2)CC1. The van der Waals surface area contributed by atoms with Gasteiger partial charge in [-0.1, -0.05) is 30.3 Å². The average molecular weight is 258 g/mol. The zero-order valence-electron chi connectivity index (χ0n) is 11.5. The lowest BCUT2D eigenvalue weighted by molar-refractivity contribution is 0.239. The minimum atomic E-state index is -0.913. The van der Waals surface area contributed by atoms with Crippen molar-refractivity contribution < 1.29 is 0 Å². The van der Waals surface area contributed by atoms with E-state index in [1.54, 1.807) is 0 Å². The molecule has 1 fully saturated rings. The monoisotopic (exact) mass is 258 g/mol. The molecule has 1 heterocycles. The van der Waals surface area contributed by atoms with Gasteiger partial charge in [0.05, 0.1) is 6.07 Å². The molecule has 0 aliphatic carbocycles. The normalized spacial score (nSPS) is 21.3. The molecule has 1 aliphatic heterocycles. The van der Waals surface area contributed by atoms with Crippen molar-refractivity contribution in [3.8, 4) is 6.07 Å². The third-order valence-corrected chi connectivity index (χ3v) is 3.77. The molecule has 0 amide bonds. The zero-order chi connectivity index (χ0) is 13.7. The number of nitrogens with zero attached hydrogens (tertiary/aromatic N) is 3. The standard InChI is InChI=1S/C15H22N4/c1-18-8-5-9-19(11-10-18)13-15(17,12-16)14-6-3-2-4-7-14/h2-4,6-7H,5,8-11,13,17H2,1H3. The van der Waals surface area contributed by atoms with Crippen molar-refractivity contribution in [2.75, 3.05) is 39.8 Å². The van der Waals surface area contributed by atoms with E-state index in [1.165, 1.54) is 0 Å². The van der Waals surface area contributed by atoms with Crippen LogP contribution in [0, 0.1) is 11.3 Å². The average Bonchev–Trinajstić information content (AvgIpc) is 2.64. The molecular formula is C15H22N4. The summed E-state index contributed by atoms with van der Waals surface area (Å²) in [6.45, 7) is 4.74. The van der Waals surface area contributed by atoms with Crippen LogP contribution in [-0.2, 0) is 5.54 Å². The molecule has 2 N–H and O–H groups in total. The first-order valence-corrected chi connectivity index (χ1v) is 6.80. The number of nitrogens with two attached hydrogens (primary N) is 1. The van der Waals surface area contributed by atoms with E-state index in [1.807, 2.05) is 30.3 Å². The van der Waals surface area contributed by atoms with Crippen molar-refractivity contribution in [2.24, 2.45) is 5.73 Å². The predicted octanol–water partition coefficient (Wildman–Crippen LogP) is 1.00. The van der Waals surface area contributed by atoms with Crippen molar-refractivity contribution in [3.63, 3.8) is 0 Å². The van der Waals surface area contributed by atoms with E-state index in [0.29, 0.717) is 6.54 Å². The van der Waals surface area contributed by atoms with Crippen LogP contribution in [0.1, 0.15) is 12.0 Å². The van der Waals surface area contributed by atoms with Crippen molar-refractivity contribution >= 4 is 0 Å². The fraction of sp³-hybridized carbons (Fsp3) is 0.533. The Morgan fingerprint density at radius 3 is 2.63 bits per heavy atom. The molecule has 0 spiro atoms. The Balaban J connectivity index is 2.09. The van der Waals surface area contributed by atoms with Crippen LogP contribution in [-0.4, -0.2) is 49.6 Å². The highest BCUT2D eigenvalue weighted by atomic mass is 15.2. The Bertz CT molecular complexity index is 439. The molecule has 1 aromatic carbocycles. The van der Waals surface area contributed by atoms with Gasteiger partial charge in [-0.25, -0.2) is 0 Å². The lowest BCUT2D eigenvalue weighted by Gasteiger charge is -2.30. The Hall–Kier alpha value is -1.41. The van der Waals surface area contributed by atoms with E-state index in [4.69, 9.17) is 5.73 Å². The molecule has 1 aliphatic rings. The summed E-state index contributed by atoms with van der Waals surface area (Å²) in [5.74, 6) is 0. The Morgan fingerprint density at radius 2 is 1.95 bits per heavy atom. The molecule has 102 valence electrons. The fourth-order valence-electron chi connectivity index (χ4n) is 2.54. The minimum absolute atomic E-state index is 0.599. The molecule has 1 unspecified atom stereocenters. The van der Waals surface area contributed by atoms with Crippen LogP contribution < -0.4 is 5.73 Å². The van der Waals surface area contributed by atoms with Gasteiger partial charge in [0.15, 0.2) is 0 Å². The number of nitriles is 1. The van der Waals surface area contributed by atoms with E-state index >= 15 is 0 Å². The van der Waals surface area contributed by atoms with Crippen LogP contribution in [0.4, 0.5) is 0 Å². The smallest absolute Gasteiger partial charge is 0.142 e. The fourth-order valence-corrected chi connectivity index (χ4v) is 2.54. The summed E-state index contributed by atoms with van der Waals surface area (Å²) in [5, 5.41) is 9.48. The molecule has 4 nitrogen and oxygen atoms in total. The molecular weight excluding hydrogens is 236 g/mol. The molecule has 1 saturated heterocycles. The second kappa shape index (κ2) is 6.16. The van der Waals surface area contributed by atoms with Gasteiger partial charge in [-0.2, -0.15) is 5.26 Å². The largest absolute Gasteiger partial charge is 0.309 e. The third kappa shape index (κ3) is 3.54. The van der Waals surface area contributed by atoms with E-state index in [-0.39, 0.29) is 0 Å². The zero-order valence-corrected chi connectivity index (χ0v) is 11.5. The van der Waals surface area contributed by atoms with E-state index in [0.717, 1.165) is 38.2 Å². The Kier molecular flexibility index (Phi) is 4.54. The predicted molar refractivity (Wildman–Crippen MR) is 76.5 cm³/mol. The van der Waals surface area contributed by atoms with Crippen molar-refractivity contribution in [1.82, 2.24) is 9.80 Å². The van der Waals surface area contributed by atoms with Gasteiger partial charge in [-0.05, 0) is 32.1 Å². The number of benzene rings is 1. The highest BCUT2D eigenvalue weighted by molar-refractivity contribution is 5.31. The summed E-state index contributed by atoms with van der Waals surface area (Å²) >= 11 is 0. The van der Waals surface area contributed by atoms with Crippen molar-refractivity contribution in [2.45, 2.75) is 12.0 Å². The first-order valence-electron chi connectivity index (χ1n) is 6.80. The highest BCUT2D eigenvalue weighted by Gasteiger charge is 2.30. The number of hydrogen-bond acceptors (Lipinski definition) is 4. The molecule has 0 aromatic heterocycles. The van der Waals surface area contributed by atoms with E-state index < -0.39 is 5.54 Å². The lowest BCUT2D eigenvalue weighted by atomic mass is 9.92. The van der Waals surface area contributed by atoms with Crippen molar-refractivity contribution in [3.05, 3.63) is 35.9 Å².